The molecule has 0 atom stereocenters. The van der Waals surface area contributed by atoms with Crippen molar-refractivity contribution in [3.63, 3.8) is 0 Å². The zero-order chi connectivity index (χ0) is 15.6. The summed E-state index contributed by atoms with van der Waals surface area (Å²) in [5.74, 6) is 0.127. The summed E-state index contributed by atoms with van der Waals surface area (Å²) in [6.07, 6.45) is 0. The van der Waals surface area contributed by atoms with Gasteiger partial charge in [-0.25, -0.2) is 9.48 Å². The third-order valence-corrected chi connectivity index (χ3v) is 3.05. The Balaban J connectivity index is 2.75. The van der Waals surface area contributed by atoms with Gasteiger partial charge in [-0.1, -0.05) is 17.3 Å². The van der Waals surface area contributed by atoms with Crippen LogP contribution in [0.1, 0.15) is 31.3 Å². The van der Waals surface area contributed by atoms with E-state index < -0.39 is 5.97 Å². The first-order valence-corrected chi connectivity index (χ1v) is 6.58. The molecule has 6 nitrogen and oxygen atoms in total. The van der Waals surface area contributed by atoms with E-state index in [0.717, 1.165) is 5.56 Å². The van der Waals surface area contributed by atoms with Crippen LogP contribution in [0.3, 0.4) is 0 Å². The lowest BCUT2D eigenvalue weighted by Gasteiger charge is -2.22. The van der Waals surface area contributed by atoms with Crippen molar-refractivity contribution in [1.29, 1.82) is 0 Å². The molecule has 0 aliphatic carbocycles. The summed E-state index contributed by atoms with van der Waals surface area (Å²) in [5.41, 5.74) is 1.18. The summed E-state index contributed by atoms with van der Waals surface area (Å²) in [4.78, 5) is 12.0. The smallest absolute Gasteiger partial charge is 0.360 e. The average molecular weight is 289 g/mol. The highest BCUT2D eigenvalue weighted by molar-refractivity contribution is 5.95. The van der Waals surface area contributed by atoms with Crippen molar-refractivity contribution >= 4 is 5.97 Å². The van der Waals surface area contributed by atoms with Gasteiger partial charge < -0.3 is 9.47 Å². The molecule has 0 bridgehead atoms. The molecule has 2 rings (SSSR count). The van der Waals surface area contributed by atoms with Crippen LogP contribution < -0.4 is 4.74 Å². The third-order valence-electron chi connectivity index (χ3n) is 3.05. The molecule has 0 radical (unpaired) electrons. The Bertz CT molecular complexity index is 656. The van der Waals surface area contributed by atoms with E-state index in [-0.39, 0.29) is 11.2 Å². The monoisotopic (exact) mass is 289 g/mol. The second kappa shape index (κ2) is 5.55. The van der Waals surface area contributed by atoms with E-state index in [9.17, 15) is 4.79 Å². The van der Waals surface area contributed by atoms with E-state index in [1.54, 1.807) is 11.8 Å². The van der Waals surface area contributed by atoms with Gasteiger partial charge in [0.25, 0.3) is 0 Å². The van der Waals surface area contributed by atoms with Crippen molar-refractivity contribution in [2.24, 2.45) is 0 Å². The van der Waals surface area contributed by atoms with Crippen molar-refractivity contribution in [1.82, 2.24) is 15.0 Å². The fourth-order valence-corrected chi connectivity index (χ4v) is 2.07. The Kier molecular flexibility index (Phi) is 3.97. The molecule has 112 valence electrons. The van der Waals surface area contributed by atoms with Crippen LogP contribution in [0.25, 0.3) is 11.3 Å². The third kappa shape index (κ3) is 2.74. The predicted octanol–water partition coefficient (Wildman–Crippen LogP) is 2.50. The van der Waals surface area contributed by atoms with Gasteiger partial charge in [0.2, 0.25) is 0 Å². The summed E-state index contributed by atoms with van der Waals surface area (Å²) in [5, 5.41) is 8.11. The molecular weight excluding hydrogens is 270 g/mol. The number of carbonyl (C=O) groups is 1. The van der Waals surface area contributed by atoms with Gasteiger partial charge >= 0.3 is 5.97 Å². The van der Waals surface area contributed by atoms with Crippen LogP contribution in [-0.4, -0.2) is 35.2 Å². The SMILES string of the molecule is COC(=O)c1nnn(C(C)(C)C)c1-c1ccccc1OC. The second-order valence-electron chi connectivity index (χ2n) is 5.56. The quantitative estimate of drug-likeness (QED) is 0.812. The number of nitrogens with zero attached hydrogens (tertiary/aromatic N) is 3. The lowest BCUT2D eigenvalue weighted by Crippen LogP contribution is -2.24. The van der Waals surface area contributed by atoms with Crippen LogP contribution in [0, 0.1) is 0 Å². The molecule has 0 saturated carbocycles. The van der Waals surface area contributed by atoms with Crippen LogP contribution in [-0.2, 0) is 10.3 Å². The Morgan fingerprint density at radius 2 is 1.86 bits per heavy atom. The minimum Gasteiger partial charge on any atom is -0.496 e. The van der Waals surface area contributed by atoms with Gasteiger partial charge in [0.15, 0.2) is 5.69 Å². The van der Waals surface area contributed by atoms with Crippen LogP contribution in [0.4, 0.5) is 0 Å². The number of ether oxygens (including phenoxy) is 2. The molecule has 0 aliphatic rings. The zero-order valence-corrected chi connectivity index (χ0v) is 12.9. The predicted molar refractivity (Wildman–Crippen MR) is 78.3 cm³/mol. The molecule has 0 fully saturated rings. The maximum absolute atomic E-state index is 12.0. The molecule has 0 saturated heterocycles. The van der Waals surface area contributed by atoms with Gasteiger partial charge in [-0.3, -0.25) is 0 Å². The fourth-order valence-electron chi connectivity index (χ4n) is 2.07. The summed E-state index contributed by atoms with van der Waals surface area (Å²) in [7, 11) is 2.91. The number of rotatable bonds is 3. The van der Waals surface area contributed by atoms with Gasteiger partial charge in [0, 0.05) is 5.56 Å². The number of benzene rings is 1. The van der Waals surface area contributed by atoms with Crippen molar-refractivity contribution < 1.29 is 14.3 Å². The highest BCUT2D eigenvalue weighted by Crippen LogP contribution is 2.34. The minimum absolute atomic E-state index is 0.178. The van der Waals surface area contributed by atoms with Gasteiger partial charge in [-0.05, 0) is 32.9 Å². The lowest BCUT2D eigenvalue weighted by molar-refractivity contribution is 0.0595. The molecule has 2 aromatic rings. The minimum atomic E-state index is -0.522. The van der Waals surface area contributed by atoms with E-state index in [0.29, 0.717) is 11.4 Å². The number of hydrogen-bond donors (Lipinski definition) is 0. The molecule has 0 unspecified atom stereocenters. The van der Waals surface area contributed by atoms with E-state index in [1.165, 1.54) is 7.11 Å². The molecule has 1 aromatic heterocycles. The summed E-state index contributed by atoms with van der Waals surface area (Å²) < 4.78 is 11.9. The Hall–Kier alpha value is -2.37. The van der Waals surface area contributed by atoms with Crippen molar-refractivity contribution in [2.45, 2.75) is 26.3 Å². The number of esters is 1. The largest absolute Gasteiger partial charge is 0.496 e. The standard InChI is InChI=1S/C15H19N3O3/c1-15(2,3)18-13(12(16-17-18)14(19)21-5)10-8-6-7-9-11(10)20-4/h6-9H,1-5H3. The Morgan fingerprint density at radius 3 is 2.43 bits per heavy atom. The number of para-hydroxylation sites is 1. The number of carbonyl (C=O) groups excluding carboxylic acids is 1. The first kappa shape index (κ1) is 15.0. The zero-order valence-electron chi connectivity index (χ0n) is 12.9. The summed E-state index contributed by atoms with van der Waals surface area (Å²) >= 11 is 0. The molecule has 0 N–H and O–H groups in total. The highest BCUT2D eigenvalue weighted by Gasteiger charge is 2.28. The van der Waals surface area contributed by atoms with Crippen LogP contribution in [0.5, 0.6) is 5.75 Å². The first-order chi connectivity index (χ1) is 9.90. The fraction of sp³-hybridized carbons (Fsp3) is 0.400. The molecule has 1 heterocycles. The summed E-state index contributed by atoms with van der Waals surface area (Å²) in [6, 6.07) is 7.44. The van der Waals surface area contributed by atoms with E-state index in [2.05, 4.69) is 10.3 Å². The van der Waals surface area contributed by atoms with Gasteiger partial charge in [0.1, 0.15) is 11.4 Å². The summed E-state index contributed by atoms with van der Waals surface area (Å²) in [6.45, 7) is 5.96. The average Bonchev–Trinajstić information content (AvgIpc) is 2.91. The molecule has 21 heavy (non-hydrogen) atoms. The number of methoxy groups -OCH3 is 2. The van der Waals surface area contributed by atoms with E-state index in [4.69, 9.17) is 9.47 Å². The maximum Gasteiger partial charge on any atom is 0.360 e. The first-order valence-electron chi connectivity index (χ1n) is 6.58. The molecular formula is C15H19N3O3. The number of hydrogen-bond acceptors (Lipinski definition) is 5. The second-order valence-corrected chi connectivity index (χ2v) is 5.56. The Labute approximate surface area is 123 Å². The van der Waals surface area contributed by atoms with Crippen molar-refractivity contribution in [3.05, 3.63) is 30.0 Å². The molecule has 0 amide bonds. The lowest BCUT2D eigenvalue weighted by atomic mass is 10.0. The van der Waals surface area contributed by atoms with Gasteiger partial charge in [-0.15, -0.1) is 5.10 Å². The topological polar surface area (TPSA) is 66.2 Å². The normalized spacial score (nSPS) is 11.3. The van der Waals surface area contributed by atoms with E-state index >= 15 is 0 Å². The van der Waals surface area contributed by atoms with E-state index in [1.807, 2.05) is 45.0 Å². The van der Waals surface area contributed by atoms with Crippen LogP contribution in [0.15, 0.2) is 24.3 Å². The van der Waals surface area contributed by atoms with Crippen molar-refractivity contribution in [3.8, 4) is 17.0 Å². The molecule has 0 aliphatic heterocycles. The van der Waals surface area contributed by atoms with Crippen LogP contribution in [0.2, 0.25) is 0 Å². The Morgan fingerprint density at radius 1 is 1.19 bits per heavy atom. The number of aromatic nitrogens is 3. The van der Waals surface area contributed by atoms with Crippen molar-refractivity contribution in [2.75, 3.05) is 14.2 Å². The van der Waals surface area contributed by atoms with Crippen LogP contribution >= 0.6 is 0 Å². The molecule has 6 heteroatoms. The maximum atomic E-state index is 12.0. The molecule has 1 aromatic carbocycles. The van der Waals surface area contributed by atoms with Gasteiger partial charge in [0.05, 0.1) is 19.8 Å². The highest BCUT2D eigenvalue weighted by atomic mass is 16.5. The molecule has 0 spiro atoms. The van der Waals surface area contributed by atoms with Gasteiger partial charge in [-0.2, -0.15) is 0 Å².